The second kappa shape index (κ2) is 19.4. The first-order valence-corrected chi connectivity index (χ1v) is 18.6. The predicted octanol–water partition coefficient (Wildman–Crippen LogP) is 14.3. The minimum absolute atomic E-state index is 0. The summed E-state index contributed by atoms with van der Waals surface area (Å²) in [7, 11) is 0. The first kappa shape index (κ1) is 46.0. The summed E-state index contributed by atoms with van der Waals surface area (Å²) in [6, 6.07) is 14.6. The Morgan fingerprint density at radius 3 is 0.957 bits per heavy atom. The molecule has 0 aliphatic heterocycles. The molecule has 1 heteroatoms. The molecule has 0 nitrogen and oxygen atoms in total. The van der Waals surface area contributed by atoms with E-state index < -0.39 is 0 Å². The normalized spacial score (nSPS) is 17.6. The van der Waals surface area contributed by atoms with E-state index in [-0.39, 0.29) is 42.8 Å². The van der Waals surface area contributed by atoms with Crippen molar-refractivity contribution in [1.82, 2.24) is 0 Å². The van der Waals surface area contributed by atoms with Gasteiger partial charge in [0.2, 0.25) is 0 Å². The minimum Gasteiger partial charge on any atom is -0.358 e. The number of hydrogen-bond donors (Lipinski definition) is 0. The minimum atomic E-state index is 0. The molecule has 0 spiro atoms. The molecule has 270 valence electrons. The van der Waals surface area contributed by atoms with Crippen LogP contribution in [0.15, 0.2) is 36.4 Å². The summed E-state index contributed by atoms with van der Waals surface area (Å²) in [6.45, 7) is 28.3. The smallest absolute Gasteiger partial charge is 0.358 e. The van der Waals surface area contributed by atoms with Crippen LogP contribution in [0, 0.1) is 37.5 Å². The van der Waals surface area contributed by atoms with Crippen molar-refractivity contribution in [2.75, 3.05) is 0 Å². The van der Waals surface area contributed by atoms with Gasteiger partial charge < -0.3 is 14.9 Å². The molecule has 8 rings (SSSR count). The van der Waals surface area contributed by atoms with Gasteiger partial charge in [0.05, 0.1) is 0 Å². The Hall–Kier alpha value is -1.04. The van der Waals surface area contributed by atoms with E-state index in [9.17, 15) is 0 Å². The molecule has 0 unspecified atom stereocenters. The Morgan fingerprint density at radius 1 is 0.426 bits per heavy atom. The van der Waals surface area contributed by atoms with Crippen LogP contribution in [0.3, 0.4) is 0 Å². The molecule has 0 amide bonds. The number of benzene rings is 2. The van der Waals surface area contributed by atoms with Crippen molar-refractivity contribution < 1.29 is 17.1 Å². The van der Waals surface area contributed by atoms with E-state index in [0.717, 1.165) is 11.8 Å². The van der Waals surface area contributed by atoms with E-state index in [0.29, 0.717) is 10.8 Å². The zero-order valence-corrected chi connectivity index (χ0v) is 35.0. The van der Waals surface area contributed by atoms with Crippen molar-refractivity contribution in [3.05, 3.63) is 84.6 Å². The zero-order chi connectivity index (χ0) is 32.8. The number of rotatable bonds is 0. The van der Waals surface area contributed by atoms with E-state index in [1.54, 1.807) is 22.3 Å². The molecular weight excluding hydrogens is 608 g/mol. The first-order chi connectivity index (χ1) is 20.4. The fraction of sp³-hybridized carbons (Fsp3) is 0.696. The van der Waals surface area contributed by atoms with E-state index in [2.05, 4.69) is 119 Å². The topological polar surface area (TPSA) is 0 Å². The third-order valence-electron chi connectivity index (χ3n) is 10.9. The van der Waals surface area contributed by atoms with Gasteiger partial charge in [-0.05, 0) is 131 Å². The molecule has 0 radical (unpaired) electrons. The van der Waals surface area contributed by atoms with Gasteiger partial charge in [0, 0.05) is 0 Å². The van der Waals surface area contributed by atoms with Gasteiger partial charge in [-0.1, -0.05) is 145 Å². The molecule has 6 aliphatic carbocycles. The van der Waals surface area contributed by atoms with Crippen molar-refractivity contribution >= 4 is 0 Å². The SMILES string of the molecule is CC(C)(C)C1CCCC1.CC(C)(C)C1CCCC1.CC(C)(C)c1cc2ccc1CCCc1ccc(c(C(C)(C)C)c1)CCC2.[CH3-].[CH3-].[Fe+2]. The van der Waals surface area contributed by atoms with Gasteiger partial charge in [0.1, 0.15) is 0 Å². The zero-order valence-electron chi connectivity index (χ0n) is 33.9. The van der Waals surface area contributed by atoms with Crippen LogP contribution < -0.4 is 0 Å². The van der Waals surface area contributed by atoms with Gasteiger partial charge >= 0.3 is 17.1 Å². The van der Waals surface area contributed by atoms with Crippen molar-refractivity contribution in [2.45, 2.75) is 184 Å². The van der Waals surface area contributed by atoms with Crippen molar-refractivity contribution in [3.63, 3.8) is 0 Å². The molecule has 0 saturated heterocycles. The van der Waals surface area contributed by atoms with E-state index in [4.69, 9.17) is 0 Å². The van der Waals surface area contributed by atoms with E-state index in [1.165, 1.54) is 101 Å². The van der Waals surface area contributed by atoms with Crippen LogP contribution in [0.1, 0.15) is 181 Å². The average molecular weight is 687 g/mol. The van der Waals surface area contributed by atoms with Gasteiger partial charge in [-0.15, -0.1) is 0 Å². The van der Waals surface area contributed by atoms with Crippen LogP contribution in [0.2, 0.25) is 0 Å². The second-order valence-corrected chi connectivity index (χ2v) is 18.9. The van der Waals surface area contributed by atoms with Gasteiger partial charge in [-0.25, -0.2) is 0 Å². The molecule has 4 bridgehead atoms. The fourth-order valence-corrected chi connectivity index (χ4v) is 7.94. The van der Waals surface area contributed by atoms with Crippen LogP contribution in [-0.2, 0) is 53.6 Å². The summed E-state index contributed by atoms with van der Waals surface area (Å²) in [4.78, 5) is 0. The average Bonchev–Trinajstić information content (AvgIpc) is 3.65. The van der Waals surface area contributed by atoms with Crippen LogP contribution in [0.25, 0.3) is 0 Å². The van der Waals surface area contributed by atoms with Crippen LogP contribution in [0.4, 0.5) is 0 Å². The molecule has 2 fully saturated rings. The van der Waals surface area contributed by atoms with Crippen molar-refractivity contribution in [2.24, 2.45) is 22.7 Å². The van der Waals surface area contributed by atoms with Crippen LogP contribution >= 0.6 is 0 Å². The van der Waals surface area contributed by atoms with Gasteiger partial charge in [-0.3, -0.25) is 0 Å². The largest absolute Gasteiger partial charge is 2.00 e. The molecular formula is C46H78Fe. The van der Waals surface area contributed by atoms with Crippen molar-refractivity contribution in [1.29, 1.82) is 0 Å². The first-order valence-electron chi connectivity index (χ1n) is 18.6. The Balaban J connectivity index is 0.000000831. The second-order valence-electron chi connectivity index (χ2n) is 18.9. The Bertz CT molecular complexity index is 1050. The van der Waals surface area contributed by atoms with Crippen molar-refractivity contribution in [3.8, 4) is 0 Å². The fourth-order valence-electron chi connectivity index (χ4n) is 7.94. The number of aryl methyl sites for hydroxylation is 4. The third kappa shape index (κ3) is 14.8. The van der Waals surface area contributed by atoms with E-state index >= 15 is 0 Å². The summed E-state index contributed by atoms with van der Waals surface area (Å²) in [5, 5.41) is 0. The Kier molecular flexibility index (Phi) is 18.9. The quantitative estimate of drug-likeness (QED) is 0.191. The maximum Gasteiger partial charge on any atom is 2.00 e. The summed E-state index contributed by atoms with van der Waals surface area (Å²) in [6.07, 6.45) is 19.0. The standard InChI is InChI=1S/C26H36.2C9H18.2CH3.Fe/c1-25(2,3)23-17-19-9-8-12-22-16-14-20(18-24(22)26(4,5)6)10-7-11-21(23)15-13-19;2*1-9(2,3)8-6-4-5-7-8;;;/h13-18H,7-12H2,1-6H3;2*8H,4-7H2,1-3H3;2*1H3;/q;;;2*-1;+2. The Morgan fingerprint density at radius 2 is 0.723 bits per heavy atom. The molecule has 2 saturated carbocycles. The maximum atomic E-state index is 2.49. The monoisotopic (exact) mass is 687 g/mol. The summed E-state index contributed by atoms with van der Waals surface area (Å²) in [5.74, 6) is 2.02. The molecule has 6 aliphatic rings. The van der Waals surface area contributed by atoms with Gasteiger partial charge in [0.25, 0.3) is 0 Å². The Labute approximate surface area is 306 Å². The van der Waals surface area contributed by atoms with Crippen LogP contribution in [0.5, 0.6) is 0 Å². The summed E-state index contributed by atoms with van der Waals surface area (Å²) in [5.41, 5.74) is 10.8. The van der Waals surface area contributed by atoms with Crippen LogP contribution in [-0.4, -0.2) is 0 Å². The molecule has 0 atom stereocenters. The van der Waals surface area contributed by atoms with E-state index in [1.807, 2.05) is 0 Å². The molecule has 0 aromatic heterocycles. The van der Waals surface area contributed by atoms with Gasteiger partial charge in [0.15, 0.2) is 0 Å². The molecule has 0 heterocycles. The molecule has 0 N–H and O–H groups in total. The molecule has 2 aromatic carbocycles. The summed E-state index contributed by atoms with van der Waals surface area (Å²) >= 11 is 0. The summed E-state index contributed by atoms with van der Waals surface area (Å²) < 4.78 is 0. The molecule has 2 aromatic rings. The molecule has 47 heavy (non-hydrogen) atoms. The number of hydrogen-bond acceptors (Lipinski definition) is 0. The van der Waals surface area contributed by atoms with Gasteiger partial charge in [-0.2, -0.15) is 0 Å². The maximum absolute atomic E-state index is 2.49. The predicted molar refractivity (Wildman–Crippen MR) is 210 cm³/mol. The third-order valence-corrected chi connectivity index (χ3v) is 10.9.